The molecule has 0 aliphatic heterocycles. The first-order chi connectivity index (χ1) is 11.0. The minimum atomic E-state index is 0.127. The van der Waals surface area contributed by atoms with E-state index < -0.39 is 0 Å². The monoisotopic (exact) mass is 300 g/mol. The summed E-state index contributed by atoms with van der Waals surface area (Å²) in [7, 11) is 0. The predicted octanol–water partition coefficient (Wildman–Crippen LogP) is 6.55. The van der Waals surface area contributed by atoms with Crippen molar-refractivity contribution in [1.82, 2.24) is 0 Å². The van der Waals surface area contributed by atoms with Crippen LogP contribution in [0.15, 0.2) is 71.1 Å². The number of benzene rings is 3. The molecule has 0 fully saturated rings. The Morgan fingerprint density at radius 2 is 1.30 bits per heavy atom. The van der Waals surface area contributed by atoms with Gasteiger partial charge in [-0.15, -0.1) is 0 Å². The van der Waals surface area contributed by atoms with Crippen molar-refractivity contribution in [3.05, 3.63) is 72.3 Å². The highest BCUT2D eigenvalue weighted by Crippen LogP contribution is 2.34. The zero-order valence-electron chi connectivity index (χ0n) is 13.8. The maximum Gasteiger partial charge on any atom is 0.136 e. The minimum Gasteiger partial charge on any atom is -0.456 e. The minimum absolute atomic E-state index is 0.127. The van der Waals surface area contributed by atoms with Gasteiger partial charge in [-0.3, -0.25) is 0 Å². The lowest BCUT2D eigenvalue weighted by Gasteiger charge is -2.18. The van der Waals surface area contributed by atoms with Gasteiger partial charge in [0.05, 0.1) is 0 Å². The van der Waals surface area contributed by atoms with Crippen LogP contribution in [0.4, 0.5) is 0 Å². The Morgan fingerprint density at radius 3 is 2.00 bits per heavy atom. The number of hydrogen-bond donors (Lipinski definition) is 0. The Bertz CT molecular complexity index is 985. The van der Waals surface area contributed by atoms with E-state index in [1.165, 1.54) is 27.5 Å². The second-order valence-electron chi connectivity index (χ2n) is 7.14. The topological polar surface area (TPSA) is 13.1 Å². The van der Waals surface area contributed by atoms with Crippen molar-refractivity contribution >= 4 is 21.9 Å². The summed E-state index contributed by atoms with van der Waals surface area (Å²) in [6.07, 6.45) is 0. The normalized spacial score (nSPS) is 12.1. The third-order valence-corrected chi connectivity index (χ3v) is 4.45. The van der Waals surface area contributed by atoms with Crippen LogP contribution in [-0.2, 0) is 5.41 Å². The first-order valence-electron chi connectivity index (χ1n) is 8.04. The predicted molar refractivity (Wildman–Crippen MR) is 97.9 cm³/mol. The molecule has 0 amide bonds. The van der Waals surface area contributed by atoms with E-state index in [1.807, 2.05) is 6.07 Å². The average molecular weight is 300 g/mol. The molecule has 114 valence electrons. The molecule has 0 atom stereocenters. The third kappa shape index (κ3) is 2.43. The van der Waals surface area contributed by atoms with Crippen molar-refractivity contribution < 1.29 is 4.42 Å². The molecule has 4 rings (SSSR count). The number of fused-ring (bicyclic) bond motifs is 3. The average Bonchev–Trinajstić information content (AvgIpc) is 2.91. The molecular weight excluding hydrogens is 280 g/mol. The van der Waals surface area contributed by atoms with Crippen LogP contribution < -0.4 is 0 Å². The molecule has 4 aromatic rings. The van der Waals surface area contributed by atoms with Crippen LogP contribution in [0.3, 0.4) is 0 Å². The molecule has 0 aliphatic carbocycles. The van der Waals surface area contributed by atoms with Crippen molar-refractivity contribution in [3.8, 4) is 11.1 Å². The van der Waals surface area contributed by atoms with E-state index in [0.29, 0.717) is 0 Å². The van der Waals surface area contributed by atoms with E-state index in [2.05, 4.69) is 81.4 Å². The molecule has 1 aromatic heterocycles. The molecule has 3 aromatic carbocycles. The fraction of sp³-hybridized carbons (Fsp3) is 0.182. The van der Waals surface area contributed by atoms with E-state index in [1.54, 1.807) is 0 Å². The molecule has 0 N–H and O–H groups in total. The van der Waals surface area contributed by atoms with Gasteiger partial charge in [0.2, 0.25) is 0 Å². The zero-order valence-corrected chi connectivity index (χ0v) is 13.8. The summed E-state index contributed by atoms with van der Waals surface area (Å²) in [6, 6.07) is 23.5. The lowest BCUT2D eigenvalue weighted by atomic mass is 9.87. The van der Waals surface area contributed by atoms with Crippen LogP contribution in [-0.4, -0.2) is 0 Å². The molecule has 0 radical (unpaired) electrons. The molecule has 0 bridgehead atoms. The Labute approximate surface area is 136 Å². The van der Waals surface area contributed by atoms with Crippen LogP contribution in [0.25, 0.3) is 33.1 Å². The summed E-state index contributed by atoms with van der Waals surface area (Å²) in [5, 5.41) is 2.37. The van der Waals surface area contributed by atoms with Gasteiger partial charge in [0.25, 0.3) is 0 Å². The summed E-state index contributed by atoms with van der Waals surface area (Å²) >= 11 is 0. The lowest BCUT2D eigenvalue weighted by molar-refractivity contribution is 0.587. The van der Waals surface area contributed by atoms with Crippen molar-refractivity contribution in [3.63, 3.8) is 0 Å². The molecule has 0 saturated carbocycles. The second kappa shape index (κ2) is 4.99. The Morgan fingerprint density at radius 1 is 0.652 bits per heavy atom. The van der Waals surface area contributed by atoms with Crippen LogP contribution in [0.1, 0.15) is 26.3 Å². The van der Waals surface area contributed by atoms with E-state index >= 15 is 0 Å². The van der Waals surface area contributed by atoms with E-state index in [0.717, 1.165) is 11.2 Å². The van der Waals surface area contributed by atoms with Crippen molar-refractivity contribution in [2.24, 2.45) is 0 Å². The SMILES string of the molecule is CC(C)(C)c1ccc2c(c1)oc1cc(-c3ccccc3)ccc12. The maximum absolute atomic E-state index is 6.15. The molecule has 23 heavy (non-hydrogen) atoms. The van der Waals surface area contributed by atoms with Gasteiger partial charge in [-0.05, 0) is 40.3 Å². The van der Waals surface area contributed by atoms with Gasteiger partial charge >= 0.3 is 0 Å². The van der Waals surface area contributed by atoms with Crippen molar-refractivity contribution in [1.29, 1.82) is 0 Å². The second-order valence-corrected chi connectivity index (χ2v) is 7.14. The Balaban J connectivity index is 1.91. The fourth-order valence-corrected chi connectivity index (χ4v) is 3.05. The van der Waals surface area contributed by atoms with Gasteiger partial charge in [0.1, 0.15) is 11.2 Å². The maximum atomic E-state index is 6.15. The van der Waals surface area contributed by atoms with E-state index in [9.17, 15) is 0 Å². The van der Waals surface area contributed by atoms with Gasteiger partial charge in [-0.25, -0.2) is 0 Å². The smallest absolute Gasteiger partial charge is 0.136 e. The third-order valence-electron chi connectivity index (χ3n) is 4.45. The molecule has 0 saturated heterocycles. The number of hydrogen-bond acceptors (Lipinski definition) is 1. The summed E-state index contributed by atoms with van der Waals surface area (Å²) in [5.74, 6) is 0. The standard InChI is InChI=1S/C22H20O/c1-22(2,3)17-10-12-19-18-11-9-16(15-7-5-4-6-8-15)13-20(18)23-21(19)14-17/h4-14H,1-3H3. The quantitative estimate of drug-likeness (QED) is 0.388. The van der Waals surface area contributed by atoms with Crippen LogP contribution in [0, 0.1) is 0 Å². The summed E-state index contributed by atoms with van der Waals surface area (Å²) in [5.41, 5.74) is 5.75. The molecule has 1 heteroatoms. The zero-order chi connectivity index (χ0) is 16.0. The van der Waals surface area contributed by atoms with Crippen LogP contribution in [0.2, 0.25) is 0 Å². The highest BCUT2D eigenvalue weighted by Gasteiger charge is 2.16. The molecule has 1 heterocycles. The molecule has 0 unspecified atom stereocenters. The largest absolute Gasteiger partial charge is 0.456 e. The number of furan rings is 1. The highest BCUT2D eigenvalue weighted by atomic mass is 16.3. The lowest BCUT2D eigenvalue weighted by Crippen LogP contribution is -2.10. The van der Waals surface area contributed by atoms with Crippen molar-refractivity contribution in [2.45, 2.75) is 26.2 Å². The summed E-state index contributed by atoms with van der Waals surface area (Å²) < 4.78 is 6.15. The number of rotatable bonds is 1. The van der Waals surface area contributed by atoms with Gasteiger partial charge in [0, 0.05) is 10.8 Å². The molecular formula is C22H20O. The van der Waals surface area contributed by atoms with Crippen LogP contribution in [0.5, 0.6) is 0 Å². The van der Waals surface area contributed by atoms with Gasteiger partial charge in [-0.1, -0.05) is 69.3 Å². The summed E-state index contributed by atoms with van der Waals surface area (Å²) in [4.78, 5) is 0. The Hall–Kier alpha value is -2.54. The Kier molecular flexibility index (Phi) is 3.05. The molecule has 1 nitrogen and oxygen atoms in total. The molecule has 0 aliphatic rings. The van der Waals surface area contributed by atoms with E-state index in [-0.39, 0.29) is 5.41 Å². The van der Waals surface area contributed by atoms with Crippen LogP contribution >= 0.6 is 0 Å². The van der Waals surface area contributed by atoms with Gasteiger partial charge in [0.15, 0.2) is 0 Å². The van der Waals surface area contributed by atoms with Crippen molar-refractivity contribution in [2.75, 3.05) is 0 Å². The van der Waals surface area contributed by atoms with Gasteiger partial charge in [-0.2, -0.15) is 0 Å². The van der Waals surface area contributed by atoms with E-state index in [4.69, 9.17) is 4.42 Å². The van der Waals surface area contributed by atoms with Gasteiger partial charge < -0.3 is 4.42 Å². The first-order valence-corrected chi connectivity index (χ1v) is 8.04. The fourth-order valence-electron chi connectivity index (χ4n) is 3.05. The highest BCUT2D eigenvalue weighted by molar-refractivity contribution is 6.06. The molecule has 0 spiro atoms. The summed E-state index contributed by atoms with van der Waals surface area (Å²) in [6.45, 7) is 6.68. The first kappa shape index (κ1) is 14.1.